The van der Waals surface area contributed by atoms with E-state index in [1.165, 1.54) is 11.4 Å². The van der Waals surface area contributed by atoms with Gasteiger partial charge in [-0.1, -0.05) is 0 Å². The summed E-state index contributed by atoms with van der Waals surface area (Å²) >= 11 is -3.12. The van der Waals surface area contributed by atoms with Crippen molar-refractivity contribution in [3.8, 4) is 0 Å². The van der Waals surface area contributed by atoms with Crippen molar-refractivity contribution in [3.05, 3.63) is 0 Å². The Kier molecular flexibility index (Phi) is 13.4. The molecular weight excluding hydrogens is 210 g/mol. The molecule has 0 radical (unpaired) electrons. The maximum absolute atomic E-state index is 9.83. The Balaban J connectivity index is -0.0000000910. The van der Waals surface area contributed by atoms with E-state index in [4.69, 9.17) is 14.0 Å². The van der Waals surface area contributed by atoms with Crippen molar-refractivity contribution in [3.63, 3.8) is 0 Å². The number of hydrogen-bond acceptors (Lipinski definition) is 2. The van der Waals surface area contributed by atoms with Crippen molar-refractivity contribution in [1.82, 2.24) is 0 Å². The molecule has 0 bridgehead atoms. The molecule has 2 N–H and O–H groups in total. The van der Waals surface area contributed by atoms with Gasteiger partial charge in [0.1, 0.15) is 0 Å². The van der Waals surface area contributed by atoms with E-state index in [1.54, 1.807) is 0 Å². The molecule has 4 nitrogen and oxygen atoms in total. The van der Waals surface area contributed by atoms with Gasteiger partial charge in [0, 0.05) is 6.92 Å². The van der Waals surface area contributed by atoms with Gasteiger partial charge in [0.2, 0.25) is 0 Å². The Labute approximate surface area is 84.9 Å². The van der Waals surface area contributed by atoms with Gasteiger partial charge >= 0.3 is 62.6 Å². The molecule has 0 aliphatic heterocycles. The number of aliphatic carboxylic acids is 1. The van der Waals surface area contributed by atoms with Crippen LogP contribution in [0.4, 0.5) is 0 Å². The number of rotatable bonds is 0. The first-order valence-electron chi connectivity index (χ1n) is 2.20. The molecule has 0 unspecified atom stereocenters. The fourth-order valence-electron chi connectivity index (χ4n) is 0. The molecule has 6 heteroatoms. The van der Waals surface area contributed by atoms with E-state index in [0.29, 0.717) is 0 Å². The van der Waals surface area contributed by atoms with Crippen molar-refractivity contribution in [2.24, 2.45) is 0 Å². The molecule has 0 aliphatic carbocycles. The molecular formula is C4H12AsNaO4. The Bertz CT molecular complexity index is 117. The summed E-state index contributed by atoms with van der Waals surface area (Å²) in [7, 11) is 0. The molecule has 0 aromatic heterocycles. The summed E-state index contributed by atoms with van der Waals surface area (Å²) in [6, 6.07) is 0. The van der Waals surface area contributed by atoms with Crippen molar-refractivity contribution < 1.29 is 17.7 Å². The van der Waals surface area contributed by atoms with Crippen LogP contribution >= 0.6 is 0 Å². The van der Waals surface area contributed by atoms with Gasteiger partial charge < -0.3 is 5.11 Å². The Morgan fingerprint density at radius 3 is 1.40 bits per heavy atom. The first-order valence-corrected chi connectivity index (χ1v) is 7.56. The van der Waals surface area contributed by atoms with Crippen LogP contribution in [0.1, 0.15) is 6.92 Å². The zero-order valence-corrected chi connectivity index (χ0v) is 7.53. The molecule has 0 aromatic carbocycles. The van der Waals surface area contributed by atoms with E-state index in [0.717, 1.165) is 6.92 Å². The number of carbonyl (C=O) groups is 1. The average Bonchev–Trinajstić information content (AvgIpc) is 1.19. The minimum atomic E-state index is -3.12. The molecule has 0 aliphatic rings. The van der Waals surface area contributed by atoms with Gasteiger partial charge in [0.05, 0.1) is 0 Å². The topological polar surface area (TPSA) is 74.6 Å². The zero-order valence-electron chi connectivity index (χ0n) is 5.66. The molecule has 0 saturated carbocycles. The van der Waals surface area contributed by atoms with Crippen molar-refractivity contribution in [2.75, 3.05) is 0 Å². The van der Waals surface area contributed by atoms with Crippen LogP contribution in [0.25, 0.3) is 0 Å². The second-order valence-electron chi connectivity index (χ2n) is 1.81. The van der Waals surface area contributed by atoms with Gasteiger partial charge in [-0.25, -0.2) is 0 Å². The first kappa shape index (κ1) is 17.0. The number of hydrogen-bond donors (Lipinski definition) is 2. The second kappa shape index (κ2) is 7.89. The van der Waals surface area contributed by atoms with E-state index in [1.807, 2.05) is 0 Å². The summed E-state index contributed by atoms with van der Waals surface area (Å²) in [5.74, 6) is -0.833. The van der Waals surface area contributed by atoms with Gasteiger partial charge in [-0.15, -0.1) is 0 Å². The van der Waals surface area contributed by atoms with E-state index in [2.05, 4.69) is 0 Å². The van der Waals surface area contributed by atoms with Crippen molar-refractivity contribution in [2.45, 2.75) is 18.3 Å². The molecule has 0 saturated heterocycles. The van der Waals surface area contributed by atoms with Gasteiger partial charge in [0.15, 0.2) is 0 Å². The SMILES string of the molecule is CC(=O)O.C[As](C)(=O)O.[NaH]. The van der Waals surface area contributed by atoms with Crippen LogP contribution in [0.15, 0.2) is 0 Å². The minimum absolute atomic E-state index is 0. The quantitative estimate of drug-likeness (QED) is 0.544. The molecule has 0 rings (SSSR count). The van der Waals surface area contributed by atoms with Crippen LogP contribution in [-0.4, -0.2) is 58.6 Å². The molecule has 0 spiro atoms. The average molecular weight is 222 g/mol. The zero-order chi connectivity index (χ0) is 8.08. The van der Waals surface area contributed by atoms with Crippen molar-refractivity contribution in [1.29, 1.82) is 0 Å². The summed E-state index contributed by atoms with van der Waals surface area (Å²) in [6.45, 7) is 1.08. The fourth-order valence-corrected chi connectivity index (χ4v) is 0. The molecule has 58 valence electrons. The van der Waals surface area contributed by atoms with Crippen LogP contribution in [-0.2, 0) is 8.53 Å². The Morgan fingerprint density at radius 2 is 1.40 bits per heavy atom. The predicted octanol–water partition coefficient (Wildman–Crippen LogP) is -0.447. The van der Waals surface area contributed by atoms with E-state index < -0.39 is 19.8 Å². The van der Waals surface area contributed by atoms with Gasteiger partial charge in [-0.3, -0.25) is 4.79 Å². The Morgan fingerprint density at radius 1 is 1.40 bits per heavy atom. The third-order valence-electron chi connectivity index (χ3n) is 0. The number of carboxylic acid groups (broad SMARTS) is 1. The van der Waals surface area contributed by atoms with Crippen LogP contribution in [0, 0.1) is 0 Å². The summed E-state index contributed by atoms with van der Waals surface area (Å²) < 4.78 is 18.0. The maximum atomic E-state index is 9.83. The van der Waals surface area contributed by atoms with E-state index >= 15 is 0 Å². The molecule has 0 heterocycles. The van der Waals surface area contributed by atoms with Crippen LogP contribution < -0.4 is 0 Å². The second-order valence-corrected chi connectivity index (χ2v) is 7.24. The molecule has 10 heavy (non-hydrogen) atoms. The fraction of sp³-hybridized carbons (Fsp3) is 0.750. The van der Waals surface area contributed by atoms with Gasteiger partial charge in [-0.05, 0) is 0 Å². The van der Waals surface area contributed by atoms with Crippen LogP contribution in [0.5, 0.6) is 0 Å². The third-order valence-corrected chi connectivity index (χ3v) is 0. The van der Waals surface area contributed by atoms with E-state index in [9.17, 15) is 3.74 Å². The Hall–Kier alpha value is 0.788. The summed E-state index contributed by atoms with van der Waals surface area (Å²) in [6.07, 6.45) is 0. The molecule has 0 aromatic rings. The summed E-state index contributed by atoms with van der Waals surface area (Å²) in [5, 5.41) is 7.42. The van der Waals surface area contributed by atoms with Crippen LogP contribution in [0.3, 0.4) is 0 Å². The standard InChI is InChI=1S/C2H7AsO2.C2H4O2.Na.H/c1-3(2,4)5;1-2(3)4;;/h1-2H3,(H,4,5);1H3,(H,3,4);;. The van der Waals surface area contributed by atoms with Gasteiger partial charge in [0.25, 0.3) is 5.97 Å². The van der Waals surface area contributed by atoms with Crippen molar-refractivity contribution >= 4 is 49.4 Å². The monoisotopic (exact) mass is 222 g/mol. The third kappa shape index (κ3) is 858. The number of carboxylic acids is 1. The summed E-state index contributed by atoms with van der Waals surface area (Å²) in [5.41, 5.74) is 2.72. The molecule has 0 amide bonds. The summed E-state index contributed by atoms with van der Waals surface area (Å²) in [4.78, 5) is 9.00. The van der Waals surface area contributed by atoms with Gasteiger partial charge in [-0.2, -0.15) is 0 Å². The molecule has 0 atom stereocenters. The van der Waals surface area contributed by atoms with Crippen LogP contribution in [0.2, 0.25) is 11.4 Å². The first-order chi connectivity index (χ1) is 3.73. The molecule has 0 fully saturated rings. The predicted molar refractivity (Wildman–Crippen MR) is 40.8 cm³/mol. The normalized spacial score (nSPS) is 8.40. The van der Waals surface area contributed by atoms with E-state index in [-0.39, 0.29) is 29.6 Å².